The summed E-state index contributed by atoms with van der Waals surface area (Å²) in [6.45, 7) is 0. The molecule has 0 radical (unpaired) electrons. The molecule has 0 aliphatic carbocycles. The lowest BCUT2D eigenvalue weighted by Crippen LogP contribution is -1.95. The topological polar surface area (TPSA) is 40.1 Å². The maximum atomic E-state index is 13.7. The molecule has 2 aromatic rings. The Morgan fingerprint density at radius 1 is 1.05 bits per heavy atom. The molecule has 112 valence electrons. The number of benzene rings is 2. The molecule has 0 aliphatic heterocycles. The van der Waals surface area contributed by atoms with E-state index in [-0.39, 0.29) is 14.9 Å². The van der Waals surface area contributed by atoms with Crippen molar-refractivity contribution >= 4 is 58.7 Å². The molecule has 2 nitrogen and oxygen atoms in total. The minimum absolute atomic E-state index is 0.0160. The highest BCUT2D eigenvalue weighted by Crippen LogP contribution is 2.36. The van der Waals surface area contributed by atoms with Gasteiger partial charge in [0.25, 0.3) is 0 Å². The highest BCUT2D eigenvalue weighted by Gasteiger charge is 2.13. The Kier molecular flexibility index (Phi) is 5.56. The molecule has 0 spiro atoms. The Labute approximate surface area is 141 Å². The van der Waals surface area contributed by atoms with Crippen LogP contribution in [0.2, 0.25) is 10.0 Å². The molecular weight excluding hydrogens is 381 g/mol. The number of rotatable bonds is 3. The van der Waals surface area contributed by atoms with Crippen molar-refractivity contribution in [2.75, 3.05) is 0 Å². The van der Waals surface area contributed by atoms with E-state index in [1.807, 2.05) is 0 Å². The summed E-state index contributed by atoms with van der Waals surface area (Å²) in [7, 11) is 0. The van der Waals surface area contributed by atoms with Gasteiger partial charge >= 0.3 is 0 Å². The Morgan fingerprint density at radius 3 is 2.05 bits per heavy atom. The van der Waals surface area contributed by atoms with Crippen LogP contribution in [-0.4, -0.2) is 8.76 Å². The van der Waals surface area contributed by atoms with Crippen LogP contribution in [0.1, 0.15) is 0 Å². The van der Waals surface area contributed by atoms with E-state index in [1.54, 1.807) is 0 Å². The van der Waals surface area contributed by atoms with Gasteiger partial charge < -0.3 is 4.55 Å². The van der Waals surface area contributed by atoms with Crippen LogP contribution in [0, 0.1) is 11.6 Å². The average Bonchev–Trinajstić information content (AvgIpc) is 2.34. The van der Waals surface area contributed by atoms with Crippen LogP contribution >= 0.6 is 47.6 Å². The van der Waals surface area contributed by atoms with Crippen molar-refractivity contribution in [3.8, 4) is 0 Å². The van der Waals surface area contributed by atoms with Gasteiger partial charge in [-0.25, -0.2) is 8.78 Å². The SMILES string of the molecule is O=S([O-])c1c(F)cc(Sc2cc(F)c(S)c(Cl)c2)cc1Cl. The molecule has 0 aromatic heterocycles. The first-order valence-corrected chi connectivity index (χ1v) is 8.33. The van der Waals surface area contributed by atoms with Gasteiger partial charge in [0.1, 0.15) is 11.6 Å². The molecule has 0 saturated carbocycles. The minimum Gasteiger partial charge on any atom is -0.768 e. The molecule has 0 heterocycles. The van der Waals surface area contributed by atoms with Gasteiger partial charge in [0.05, 0.1) is 19.8 Å². The van der Waals surface area contributed by atoms with Crippen LogP contribution in [0.15, 0.2) is 43.8 Å². The monoisotopic (exact) mass is 385 g/mol. The number of hydrogen-bond donors (Lipinski definition) is 1. The Morgan fingerprint density at radius 2 is 1.57 bits per heavy atom. The molecular formula is C12H5Cl2F2O2S3-. The zero-order valence-corrected chi connectivity index (χ0v) is 13.9. The molecule has 0 saturated heterocycles. The third kappa shape index (κ3) is 3.91. The van der Waals surface area contributed by atoms with Crippen LogP contribution < -0.4 is 0 Å². The summed E-state index contributed by atoms with van der Waals surface area (Å²) in [5.74, 6) is -1.59. The number of hydrogen-bond acceptors (Lipinski definition) is 4. The lowest BCUT2D eigenvalue weighted by molar-refractivity contribution is 0.522. The minimum atomic E-state index is -2.77. The van der Waals surface area contributed by atoms with E-state index < -0.39 is 27.6 Å². The van der Waals surface area contributed by atoms with Crippen molar-refractivity contribution in [2.45, 2.75) is 19.6 Å². The lowest BCUT2D eigenvalue weighted by Gasteiger charge is -2.11. The van der Waals surface area contributed by atoms with Crippen LogP contribution in [0.5, 0.6) is 0 Å². The van der Waals surface area contributed by atoms with E-state index in [0.717, 1.165) is 17.8 Å². The second-order valence-corrected chi connectivity index (χ2v) is 7.07. The predicted octanol–water partition coefficient (Wildman–Crippen LogP) is 4.95. The molecule has 9 heteroatoms. The van der Waals surface area contributed by atoms with Crippen molar-refractivity contribution in [3.05, 3.63) is 45.9 Å². The summed E-state index contributed by atoms with van der Waals surface area (Å²) in [5, 5.41) is -0.132. The molecule has 1 atom stereocenters. The highest BCUT2D eigenvalue weighted by atomic mass is 35.5. The van der Waals surface area contributed by atoms with E-state index in [9.17, 15) is 17.5 Å². The predicted molar refractivity (Wildman–Crippen MR) is 81.4 cm³/mol. The van der Waals surface area contributed by atoms with E-state index in [4.69, 9.17) is 23.2 Å². The summed E-state index contributed by atoms with van der Waals surface area (Å²) >= 11 is 13.6. The van der Waals surface area contributed by atoms with Gasteiger partial charge in [-0.15, -0.1) is 12.6 Å². The zero-order chi connectivity index (χ0) is 15.7. The van der Waals surface area contributed by atoms with Crippen LogP contribution in [0.25, 0.3) is 0 Å². The first-order chi connectivity index (χ1) is 9.79. The first-order valence-electron chi connectivity index (χ1n) is 5.23. The van der Waals surface area contributed by atoms with Gasteiger partial charge in [0.15, 0.2) is 0 Å². The number of thiol groups is 1. The summed E-state index contributed by atoms with van der Waals surface area (Å²) < 4.78 is 48.9. The average molecular weight is 386 g/mol. The molecule has 21 heavy (non-hydrogen) atoms. The third-order valence-corrected chi connectivity index (χ3v) is 5.35. The van der Waals surface area contributed by atoms with E-state index in [0.29, 0.717) is 9.79 Å². The molecule has 0 N–H and O–H groups in total. The Bertz CT molecular complexity index is 694. The van der Waals surface area contributed by atoms with Gasteiger partial charge in [-0.3, -0.25) is 4.21 Å². The van der Waals surface area contributed by atoms with Crippen molar-refractivity contribution in [2.24, 2.45) is 0 Å². The largest absolute Gasteiger partial charge is 0.768 e. The normalized spacial score (nSPS) is 12.5. The third-order valence-electron chi connectivity index (χ3n) is 2.36. The fraction of sp³-hybridized carbons (Fsp3) is 0. The molecule has 0 fully saturated rings. The van der Waals surface area contributed by atoms with Crippen molar-refractivity contribution in [3.63, 3.8) is 0 Å². The second-order valence-electron chi connectivity index (χ2n) is 3.79. The molecule has 2 rings (SSSR count). The molecule has 0 bridgehead atoms. The standard InChI is InChI=1S/C12H6Cl2F2O2S3/c13-7-1-5(3-9(15)11(7)19)20-6-2-8(14)12(21(17)18)10(16)4-6/h1-4,19H,(H,17,18)/p-1. The van der Waals surface area contributed by atoms with Gasteiger partial charge in [-0.1, -0.05) is 35.0 Å². The van der Waals surface area contributed by atoms with Gasteiger partial charge in [-0.2, -0.15) is 0 Å². The molecule has 2 aromatic carbocycles. The maximum absolute atomic E-state index is 13.7. The van der Waals surface area contributed by atoms with Crippen LogP contribution in [-0.2, 0) is 11.1 Å². The highest BCUT2D eigenvalue weighted by molar-refractivity contribution is 7.99. The van der Waals surface area contributed by atoms with Crippen molar-refractivity contribution < 1.29 is 17.5 Å². The van der Waals surface area contributed by atoms with E-state index >= 15 is 0 Å². The fourth-order valence-electron chi connectivity index (χ4n) is 1.49. The Hall–Kier alpha value is -0.310. The number of halogens is 4. The molecule has 0 amide bonds. The molecule has 0 aliphatic rings. The Balaban J connectivity index is 2.39. The lowest BCUT2D eigenvalue weighted by atomic mass is 10.3. The van der Waals surface area contributed by atoms with Crippen LogP contribution in [0.3, 0.4) is 0 Å². The van der Waals surface area contributed by atoms with Crippen molar-refractivity contribution in [1.82, 2.24) is 0 Å². The van der Waals surface area contributed by atoms with Gasteiger partial charge in [0, 0.05) is 9.79 Å². The summed E-state index contributed by atoms with van der Waals surface area (Å²) in [4.78, 5) is 0.133. The summed E-state index contributed by atoms with van der Waals surface area (Å²) in [5.41, 5.74) is 0. The van der Waals surface area contributed by atoms with E-state index in [2.05, 4.69) is 12.6 Å². The zero-order valence-electron chi connectivity index (χ0n) is 9.90. The fourth-order valence-corrected chi connectivity index (χ4v) is 3.74. The summed E-state index contributed by atoms with van der Waals surface area (Å²) in [6.07, 6.45) is 0. The van der Waals surface area contributed by atoms with Gasteiger partial charge in [0.2, 0.25) is 0 Å². The summed E-state index contributed by atoms with van der Waals surface area (Å²) in [6, 6.07) is 4.93. The molecule has 1 unspecified atom stereocenters. The first kappa shape index (κ1) is 17.1. The van der Waals surface area contributed by atoms with Crippen molar-refractivity contribution in [1.29, 1.82) is 0 Å². The van der Waals surface area contributed by atoms with Gasteiger partial charge in [-0.05, 0) is 35.3 Å². The second kappa shape index (κ2) is 6.85. The smallest absolute Gasteiger partial charge is 0.140 e. The maximum Gasteiger partial charge on any atom is 0.140 e. The van der Waals surface area contributed by atoms with Crippen LogP contribution in [0.4, 0.5) is 8.78 Å². The quantitative estimate of drug-likeness (QED) is 0.600. The van der Waals surface area contributed by atoms with E-state index in [1.165, 1.54) is 18.2 Å².